The fourth-order valence-electron chi connectivity index (χ4n) is 8.30. The molecule has 6 atom stereocenters. The van der Waals surface area contributed by atoms with Gasteiger partial charge in [0.15, 0.2) is 0 Å². The second-order valence-electron chi connectivity index (χ2n) is 13.2. The smallest absolute Gasteiger partial charge is 0.421 e. The lowest BCUT2D eigenvalue weighted by Crippen LogP contribution is -2.53. The Balaban J connectivity index is 1.59. The average molecular weight is 859 g/mol. The lowest BCUT2D eigenvalue weighted by atomic mass is 9.65. The summed E-state index contributed by atoms with van der Waals surface area (Å²) in [6.07, 6.45) is -0.475. The molecule has 13 heteroatoms. The number of methoxy groups -OCH3 is 1. The zero-order chi connectivity index (χ0) is 38.7. The highest BCUT2D eigenvalue weighted by Crippen LogP contribution is 2.66. The Labute approximate surface area is 331 Å². The van der Waals surface area contributed by atoms with Crippen molar-refractivity contribution in [3.63, 3.8) is 0 Å². The minimum Gasteiger partial charge on any atom is -0.491 e. The summed E-state index contributed by atoms with van der Waals surface area (Å²) in [5, 5.41) is 9.86. The number of amides is 2. The first-order chi connectivity index (χ1) is 26.8. The predicted octanol–water partition coefficient (Wildman–Crippen LogP) is 5.84. The highest BCUT2D eigenvalue weighted by molar-refractivity contribution is 14.1. The molecule has 3 aliphatic heterocycles. The number of nitrogens with zero attached hydrogens (tertiary/aromatic N) is 2. The summed E-state index contributed by atoms with van der Waals surface area (Å²) in [4.78, 5) is 62.4. The number of carbonyl (C=O) groups is 4. The molecule has 1 N–H and O–H groups in total. The van der Waals surface area contributed by atoms with Crippen LogP contribution in [0.25, 0.3) is 0 Å². The van der Waals surface area contributed by atoms with Gasteiger partial charge in [-0.25, -0.2) is 9.69 Å². The number of hydrogen-bond acceptors (Lipinski definition) is 11. The van der Waals surface area contributed by atoms with Crippen LogP contribution in [0.4, 0.5) is 10.5 Å². The third-order valence-corrected chi connectivity index (χ3v) is 10.9. The highest BCUT2D eigenvalue weighted by Gasteiger charge is 2.76. The van der Waals surface area contributed by atoms with E-state index in [1.807, 2.05) is 65.6 Å². The van der Waals surface area contributed by atoms with Crippen molar-refractivity contribution in [3.05, 3.63) is 142 Å². The maximum atomic E-state index is 15.8. The van der Waals surface area contributed by atoms with E-state index in [0.29, 0.717) is 26.0 Å². The summed E-state index contributed by atoms with van der Waals surface area (Å²) in [5.41, 5.74) is 0.380. The second kappa shape index (κ2) is 16.3. The molecule has 284 valence electrons. The van der Waals surface area contributed by atoms with Gasteiger partial charge in [0.25, 0.3) is 0 Å². The number of para-hydroxylation sites is 1. The first kappa shape index (κ1) is 38.2. The number of rotatable bonds is 12. The van der Waals surface area contributed by atoms with Crippen LogP contribution in [0.1, 0.15) is 40.4 Å². The Morgan fingerprint density at radius 2 is 1.58 bits per heavy atom. The molecule has 0 bridgehead atoms. The molecule has 1 spiro atoms. The fourth-order valence-corrected chi connectivity index (χ4v) is 8.79. The predicted molar refractivity (Wildman–Crippen MR) is 208 cm³/mol. The number of imide groups is 1. The number of carbonyl (C=O) groups excluding carboxylic acids is 4. The topological polar surface area (TPSA) is 141 Å². The van der Waals surface area contributed by atoms with E-state index >= 15 is 4.79 Å². The summed E-state index contributed by atoms with van der Waals surface area (Å²) in [7, 11) is 1.46. The van der Waals surface area contributed by atoms with E-state index in [1.54, 1.807) is 42.5 Å². The Morgan fingerprint density at radius 1 is 0.891 bits per heavy atom. The number of ether oxygens (including phenoxy) is 5. The van der Waals surface area contributed by atoms with Crippen LogP contribution < -0.4 is 9.64 Å². The summed E-state index contributed by atoms with van der Waals surface area (Å²) in [6, 6.07) is 27.5. The van der Waals surface area contributed by atoms with E-state index < -0.39 is 59.5 Å². The normalized spacial score (nSPS) is 24.2. The number of anilines is 1. The van der Waals surface area contributed by atoms with E-state index in [-0.39, 0.29) is 38.7 Å². The molecule has 0 unspecified atom stereocenters. The first-order valence-corrected chi connectivity index (χ1v) is 18.9. The van der Waals surface area contributed by atoms with E-state index in [0.717, 1.165) is 10.5 Å². The zero-order valence-electron chi connectivity index (χ0n) is 29.9. The first-order valence-electron chi connectivity index (χ1n) is 17.8. The second-order valence-corrected chi connectivity index (χ2v) is 14.4. The quantitative estimate of drug-likeness (QED) is 0.0605. The molecule has 3 aliphatic rings. The standard InChI is InChI=1S/C42H39IN2O10/c1-3-21-53-38(47)33-35-39(48)55-36(27-14-8-5-9-15-27)34(26-12-6-4-7-13-26)45(35)37(29-16-10-11-17-32(29)52-22-20-46)42(33)30-25-28(43)18-19-31(30)44(40(42)49)41(50)54-24-23-51-2/h3-19,25,33-37,46H,1,20-24H2,2H3/t33-,34-,35-,36+,37+,42-/m1/s1. The van der Waals surface area contributed by atoms with E-state index in [1.165, 1.54) is 13.2 Å². The van der Waals surface area contributed by atoms with Crippen molar-refractivity contribution in [1.82, 2.24) is 4.90 Å². The lowest BCUT2D eigenvalue weighted by molar-refractivity contribution is -0.180. The molecule has 0 saturated carbocycles. The average Bonchev–Trinajstić information content (AvgIpc) is 3.66. The molecule has 0 aliphatic carbocycles. The van der Waals surface area contributed by atoms with Crippen molar-refractivity contribution < 1.29 is 48.0 Å². The molecule has 0 aromatic heterocycles. The third kappa shape index (κ3) is 6.58. The van der Waals surface area contributed by atoms with Crippen molar-refractivity contribution in [3.8, 4) is 5.75 Å². The monoisotopic (exact) mass is 858 g/mol. The zero-order valence-corrected chi connectivity index (χ0v) is 32.1. The van der Waals surface area contributed by atoms with Crippen molar-refractivity contribution in [2.75, 3.05) is 45.0 Å². The van der Waals surface area contributed by atoms with Crippen LogP contribution in [0, 0.1) is 9.49 Å². The van der Waals surface area contributed by atoms with E-state index in [2.05, 4.69) is 29.2 Å². The number of aliphatic hydroxyl groups excluding tert-OH is 1. The van der Waals surface area contributed by atoms with Crippen molar-refractivity contribution in [2.45, 2.75) is 29.6 Å². The van der Waals surface area contributed by atoms with Gasteiger partial charge in [-0.15, -0.1) is 0 Å². The van der Waals surface area contributed by atoms with Crippen molar-refractivity contribution in [2.24, 2.45) is 5.92 Å². The van der Waals surface area contributed by atoms with Gasteiger partial charge in [-0.3, -0.25) is 19.3 Å². The van der Waals surface area contributed by atoms with Crippen LogP contribution in [-0.2, 0) is 38.7 Å². The number of aliphatic hydroxyl groups is 1. The minimum atomic E-state index is -2.00. The highest BCUT2D eigenvalue weighted by atomic mass is 127. The molecule has 7 rings (SSSR count). The summed E-state index contributed by atoms with van der Waals surface area (Å²) in [5.74, 6) is -3.65. The molecule has 4 aromatic rings. The van der Waals surface area contributed by atoms with Gasteiger partial charge in [0.2, 0.25) is 5.91 Å². The molecular formula is C42H39IN2O10. The molecule has 2 amide bonds. The van der Waals surface area contributed by atoms with Crippen LogP contribution in [0.15, 0.2) is 116 Å². The summed E-state index contributed by atoms with van der Waals surface area (Å²) < 4.78 is 29.7. The molecule has 0 radical (unpaired) electrons. The third-order valence-electron chi connectivity index (χ3n) is 10.3. The van der Waals surface area contributed by atoms with Gasteiger partial charge in [-0.1, -0.05) is 91.5 Å². The molecular weight excluding hydrogens is 819 g/mol. The van der Waals surface area contributed by atoms with Crippen LogP contribution >= 0.6 is 22.6 Å². The van der Waals surface area contributed by atoms with Gasteiger partial charge in [0.05, 0.1) is 31.0 Å². The Morgan fingerprint density at radius 3 is 2.27 bits per heavy atom. The molecule has 3 heterocycles. The minimum absolute atomic E-state index is 0.0779. The van der Waals surface area contributed by atoms with Crippen LogP contribution in [0.3, 0.4) is 0 Å². The van der Waals surface area contributed by atoms with Crippen molar-refractivity contribution >= 4 is 52.2 Å². The van der Waals surface area contributed by atoms with E-state index in [9.17, 15) is 19.5 Å². The van der Waals surface area contributed by atoms with Crippen LogP contribution in [0.2, 0.25) is 0 Å². The number of morpholine rings is 1. The summed E-state index contributed by atoms with van der Waals surface area (Å²) >= 11 is 2.12. The molecule has 55 heavy (non-hydrogen) atoms. The van der Waals surface area contributed by atoms with Gasteiger partial charge >= 0.3 is 18.0 Å². The maximum Gasteiger partial charge on any atom is 0.421 e. The number of cyclic esters (lactones) is 1. The number of hydrogen-bond donors (Lipinski definition) is 1. The number of halogens is 1. The Hall–Kier alpha value is -5.09. The van der Waals surface area contributed by atoms with Crippen LogP contribution in [-0.4, -0.2) is 80.1 Å². The Kier molecular flexibility index (Phi) is 11.3. The fraction of sp³-hybridized carbons (Fsp3) is 0.286. The molecule has 12 nitrogen and oxygen atoms in total. The number of benzene rings is 4. The van der Waals surface area contributed by atoms with Gasteiger partial charge < -0.3 is 28.8 Å². The number of esters is 2. The number of fused-ring (bicyclic) bond motifs is 3. The largest absolute Gasteiger partial charge is 0.491 e. The molecule has 2 fully saturated rings. The Bertz CT molecular complexity index is 2080. The van der Waals surface area contributed by atoms with Gasteiger partial charge in [0, 0.05) is 16.2 Å². The molecule has 4 aromatic carbocycles. The van der Waals surface area contributed by atoms with Gasteiger partial charge in [0.1, 0.15) is 49.0 Å². The lowest BCUT2D eigenvalue weighted by Gasteiger charge is -2.46. The van der Waals surface area contributed by atoms with Gasteiger partial charge in [-0.05, 0) is 63.5 Å². The van der Waals surface area contributed by atoms with Gasteiger partial charge in [-0.2, -0.15) is 0 Å². The summed E-state index contributed by atoms with van der Waals surface area (Å²) in [6.45, 7) is 3.05. The van der Waals surface area contributed by atoms with Crippen molar-refractivity contribution in [1.29, 1.82) is 0 Å². The van der Waals surface area contributed by atoms with Crippen LogP contribution in [0.5, 0.6) is 5.75 Å². The maximum absolute atomic E-state index is 15.8. The SMILES string of the molecule is C=CCOC(=O)[C@H]1[C@@H]2C(=O)O[C@@H](c3ccccc3)[C@@H](c3ccccc3)N2[C@@H](c2ccccc2OCCO)[C@]12C(=O)N(C(=O)OCCOC)c1ccc(I)cc12. The molecule has 2 saturated heterocycles. The van der Waals surface area contributed by atoms with E-state index in [4.69, 9.17) is 23.7 Å².